The molecule has 1 aliphatic heterocycles. The predicted octanol–water partition coefficient (Wildman–Crippen LogP) is 4.08. The molecule has 0 saturated carbocycles. The van der Waals surface area contributed by atoms with Crippen molar-refractivity contribution in [3.63, 3.8) is 0 Å². The second kappa shape index (κ2) is 12.5. The minimum absolute atomic E-state index is 0.0131. The third kappa shape index (κ3) is 6.76. The SMILES string of the molecule is COC(=O)[C@H](CCC(=O)Nc1ccccc1)NC(=O)c1ccc2c(c1)CCN2C(=O)OCc1ccccc1. The predicted molar refractivity (Wildman–Crippen MR) is 142 cm³/mol. The number of hydrogen-bond acceptors (Lipinski definition) is 6. The Balaban J connectivity index is 1.35. The molecule has 196 valence electrons. The van der Waals surface area contributed by atoms with E-state index in [0.29, 0.717) is 29.9 Å². The number of carbonyl (C=O) groups excluding carboxylic acids is 4. The van der Waals surface area contributed by atoms with Crippen molar-refractivity contribution < 1.29 is 28.7 Å². The van der Waals surface area contributed by atoms with Crippen LogP contribution in [0.15, 0.2) is 78.9 Å². The number of esters is 1. The Hall–Kier alpha value is -4.66. The van der Waals surface area contributed by atoms with Gasteiger partial charge in [0, 0.05) is 24.2 Å². The molecule has 3 aromatic carbocycles. The lowest BCUT2D eigenvalue weighted by Gasteiger charge is -2.18. The van der Waals surface area contributed by atoms with Crippen molar-refractivity contribution in [1.82, 2.24) is 5.32 Å². The molecule has 0 aromatic heterocycles. The second-order valence-electron chi connectivity index (χ2n) is 8.79. The smallest absolute Gasteiger partial charge is 0.414 e. The topological polar surface area (TPSA) is 114 Å². The maximum Gasteiger partial charge on any atom is 0.414 e. The molecule has 3 aromatic rings. The molecule has 9 nitrogen and oxygen atoms in total. The normalized spacial score (nSPS) is 12.7. The number of ether oxygens (including phenoxy) is 2. The maximum atomic E-state index is 13.0. The van der Waals surface area contributed by atoms with Crippen LogP contribution in [-0.4, -0.2) is 43.6 Å². The highest BCUT2D eigenvalue weighted by Crippen LogP contribution is 2.29. The number of fused-ring (bicyclic) bond motifs is 1. The molecular formula is C29H29N3O6. The quantitative estimate of drug-likeness (QED) is 0.415. The number of anilines is 2. The number of hydrogen-bond donors (Lipinski definition) is 2. The van der Waals surface area contributed by atoms with Gasteiger partial charge in [0.1, 0.15) is 12.6 Å². The van der Waals surface area contributed by atoms with Gasteiger partial charge in [-0.1, -0.05) is 48.5 Å². The van der Waals surface area contributed by atoms with Gasteiger partial charge in [0.25, 0.3) is 5.91 Å². The van der Waals surface area contributed by atoms with E-state index in [1.165, 1.54) is 7.11 Å². The van der Waals surface area contributed by atoms with E-state index in [4.69, 9.17) is 9.47 Å². The highest BCUT2D eigenvalue weighted by atomic mass is 16.6. The average Bonchev–Trinajstić information content (AvgIpc) is 3.38. The summed E-state index contributed by atoms with van der Waals surface area (Å²) in [7, 11) is 1.23. The van der Waals surface area contributed by atoms with E-state index < -0.39 is 24.0 Å². The van der Waals surface area contributed by atoms with Crippen LogP contribution in [0.25, 0.3) is 0 Å². The van der Waals surface area contributed by atoms with E-state index in [-0.39, 0.29) is 25.4 Å². The van der Waals surface area contributed by atoms with Crippen molar-refractivity contribution in [2.75, 3.05) is 23.9 Å². The number of methoxy groups -OCH3 is 1. The van der Waals surface area contributed by atoms with E-state index in [1.54, 1.807) is 47.4 Å². The Labute approximate surface area is 220 Å². The zero-order valence-corrected chi connectivity index (χ0v) is 21.0. The fourth-order valence-electron chi connectivity index (χ4n) is 4.18. The van der Waals surface area contributed by atoms with Crippen LogP contribution >= 0.6 is 0 Å². The Morgan fingerprint density at radius 3 is 2.37 bits per heavy atom. The first-order valence-electron chi connectivity index (χ1n) is 12.3. The van der Waals surface area contributed by atoms with E-state index in [0.717, 1.165) is 11.1 Å². The van der Waals surface area contributed by atoms with Gasteiger partial charge in [-0.2, -0.15) is 0 Å². The molecule has 0 saturated heterocycles. The number of carbonyl (C=O) groups is 4. The third-order valence-corrected chi connectivity index (χ3v) is 6.17. The fraction of sp³-hybridized carbons (Fsp3) is 0.241. The number of nitrogens with zero attached hydrogens (tertiary/aromatic N) is 1. The van der Waals surface area contributed by atoms with Gasteiger partial charge in [-0.3, -0.25) is 14.5 Å². The van der Waals surface area contributed by atoms with E-state index >= 15 is 0 Å². The zero-order valence-electron chi connectivity index (χ0n) is 21.0. The van der Waals surface area contributed by atoms with Crippen LogP contribution in [0.4, 0.5) is 16.2 Å². The van der Waals surface area contributed by atoms with Gasteiger partial charge in [-0.25, -0.2) is 9.59 Å². The molecule has 0 fully saturated rings. The Morgan fingerprint density at radius 1 is 0.947 bits per heavy atom. The molecule has 1 heterocycles. The lowest BCUT2D eigenvalue weighted by molar-refractivity contribution is -0.143. The molecule has 3 amide bonds. The van der Waals surface area contributed by atoms with Gasteiger partial charge >= 0.3 is 12.1 Å². The summed E-state index contributed by atoms with van der Waals surface area (Å²) in [5, 5.41) is 5.42. The van der Waals surface area contributed by atoms with E-state index in [9.17, 15) is 19.2 Å². The van der Waals surface area contributed by atoms with E-state index in [2.05, 4.69) is 10.6 Å². The molecule has 0 bridgehead atoms. The Morgan fingerprint density at radius 2 is 1.66 bits per heavy atom. The molecule has 2 N–H and O–H groups in total. The molecule has 1 aliphatic rings. The van der Waals surface area contributed by atoms with Crippen LogP contribution in [0.5, 0.6) is 0 Å². The van der Waals surface area contributed by atoms with Crippen molar-refractivity contribution in [2.45, 2.75) is 31.9 Å². The van der Waals surface area contributed by atoms with Crippen molar-refractivity contribution in [3.8, 4) is 0 Å². The van der Waals surface area contributed by atoms with Gasteiger partial charge in [-0.05, 0) is 54.3 Å². The minimum Gasteiger partial charge on any atom is -0.467 e. The third-order valence-electron chi connectivity index (χ3n) is 6.17. The van der Waals surface area contributed by atoms with Crippen LogP contribution in [0.1, 0.15) is 34.3 Å². The molecule has 0 radical (unpaired) electrons. The van der Waals surface area contributed by atoms with Gasteiger partial charge in [0.05, 0.1) is 12.8 Å². The van der Waals surface area contributed by atoms with Gasteiger partial charge < -0.3 is 20.1 Å². The summed E-state index contributed by atoms with van der Waals surface area (Å²) in [5.74, 6) is -1.40. The van der Waals surface area contributed by atoms with Gasteiger partial charge in [-0.15, -0.1) is 0 Å². The summed E-state index contributed by atoms with van der Waals surface area (Å²) in [6.45, 7) is 0.611. The number of nitrogens with one attached hydrogen (secondary N) is 2. The number of rotatable bonds is 9. The van der Waals surface area contributed by atoms with Crippen LogP contribution in [0.3, 0.4) is 0 Å². The Kier molecular flexibility index (Phi) is 8.71. The highest BCUT2D eigenvalue weighted by molar-refractivity contribution is 5.99. The number of amides is 3. The van der Waals surface area contributed by atoms with Gasteiger partial charge in [0.2, 0.25) is 5.91 Å². The molecule has 4 rings (SSSR count). The molecular weight excluding hydrogens is 486 g/mol. The molecule has 38 heavy (non-hydrogen) atoms. The summed E-state index contributed by atoms with van der Waals surface area (Å²) < 4.78 is 10.3. The summed E-state index contributed by atoms with van der Waals surface area (Å²) in [6.07, 6.45) is 0.198. The molecule has 0 unspecified atom stereocenters. The summed E-state index contributed by atoms with van der Waals surface area (Å²) in [5.41, 5.74) is 3.39. The average molecular weight is 516 g/mol. The zero-order chi connectivity index (χ0) is 26.9. The van der Waals surface area contributed by atoms with Crippen molar-refractivity contribution >= 4 is 35.3 Å². The fourth-order valence-corrected chi connectivity index (χ4v) is 4.18. The number of benzene rings is 3. The summed E-state index contributed by atoms with van der Waals surface area (Å²) in [4.78, 5) is 51.7. The largest absolute Gasteiger partial charge is 0.467 e. The lowest BCUT2D eigenvalue weighted by Crippen LogP contribution is -2.42. The highest BCUT2D eigenvalue weighted by Gasteiger charge is 2.28. The molecule has 1 atom stereocenters. The first kappa shape index (κ1) is 26.4. The first-order chi connectivity index (χ1) is 18.4. The Bertz CT molecular complexity index is 1300. The van der Waals surface area contributed by atoms with Crippen LogP contribution in [-0.2, 0) is 32.1 Å². The maximum absolute atomic E-state index is 13.0. The minimum atomic E-state index is -0.994. The van der Waals surface area contributed by atoms with Crippen molar-refractivity contribution in [2.24, 2.45) is 0 Å². The van der Waals surface area contributed by atoms with Crippen LogP contribution < -0.4 is 15.5 Å². The number of para-hydroxylation sites is 1. The standard InChI is InChI=1S/C29H29N3O6/c1-37-28(35)24(13-15-26(33)30-23-10-6-3-7-11-23)31-27(34)22-12-14-25-21(18-22)16-17-32(25)29(36)38-19-20-8-4-2-5-9-20/h2-12,14,18,24H,13,15-17,19H2,1H3,(H,30,33)(H,31,34)/t24-/m0/s1. The van der Waals surface area contributed by atoms with Crippen molar-refractivity contribution in [3.05, 3.63) is 95.6 Å². The summed E-state index contributed by atoms with van der Waals surface area (Å²) >= 11 is 0. The molecule has 0 aliphatic carbocycles. The first-order valence-corrected chi connectivity index (χ1v) is 12.3. The summed E-state index contributed by atoms with van der Waals surface area (Å²) in [6, 6.07) is 22.4. The second-order valence-corrected chi connectivity index (χ2v) is 8.79. The lowest BCUT2D eigenvalue weighted by atomic mass is 10.1. The van der Waals surface area contributed by atoms with Crippen LogP contribution in [0, 0.1) is 0 Å². The molecule has 9 heteroatoms. The van der Waals surface area contributed by atoms with Crippen LogP contribution in [0.2, 0.25) is 0 Å². The van der Waals surface area contributed by atoms with Gasteiger partial charge in [0.15, 0.2) is 0 Å². The monoisotopic (exact) mass is 515 g/mol. The van der Waals surface area contributed by atoms with E-state index in [1.807, 2.05) is 36.4 Å². The molecule has 0 spiro atoms. The van der Waals surface area contributed by atoms with Crippen molar-refractivity contribution in [1.29, 1.82) is 0 Å².